The first-order chi connectivity index (χ1) is 12.8. The van der Waals surface area contributed by atoms with Crippen LogP contribution in [0.15, 0.2) is 58.8 Å². The molecule has 1 aromatic heterocycles. The van der Waals surface area contributed by atoms with E-state index in [4.69, 9.17) is 5.14 Å². The molecular formula is C19H18N2O4S2. The predicted octanol–water partition coefficient (Wildman–Crippen LogP) is 3.68. The summed E-state index contributed by atoms with van der Waals surface area (Å²) in [5.74, 6) is -1.23. The van der Waals surface area contributed by atoms with Gasteiger partial charge in [0.15, 0.2) is 0 Å². The normalized spacial score (nSPS) is 11.3. The predicted molar refractivity (Wildman–Crippen MR) is 107 cm³/mol. The van der Waals surface area contributed by atoms with Gasteiger partial charge in [-0.05, 0) is 36.1 Å². The lowest BCUT2D eigenvalue weighted by molar-refractivity contribution is 0.0696. The van der Waals surface area contributed by atoms with Gasteiger partial charge in [-0.15, -0.1) is 11.3 Å². The van der Waals surface area contributed by atoms with Gasteiger partial charge in [0.25, 0.3) is 0 Å². The van der Waals surface area contributed by atoms with E-state index in [1.165, 1.54) is 17.4 Å². The van der Waals surface area contributed by atoms with Crippen molar-refractivity contribution in [3.63, 3.8) is 0 Å². The van der Waals surface area contributed by atoms with Crippen molar-refractivity contribution in [2.45, 2.75) is 18.4 Å². The molecule has 0 radical (unpaired) electrons. The summed E-state index contributed by atoms with van der Waals surface area (Å²) in [5.41, 5.74) is 2.75. The summed E-state index contributed by atoms with van der Waals surface area (Å²) < 4.78 is 24.3. The highest BCUT2D eigenvalue weighted by Crippen LogP contribution is 2.38. The second kappa shape index (κ2) is 7.51. The Morgan fingerprint density at radius 3 is 2.44 bits per heavy atom. The molecule has 140 valence electrons. The van der Waals surface area contributed by atoms with Crippen molar-refractivity contribution < 1.29 is 18.3 Å². The highest BCUT2D eigenvalue weighted by molar-refractivity contribution is 7.89. The van der Waals surface area contributed by atoms with Gasteiger partial charge in [-0.2, -0.15) is 0 Å². The first kappa shape index (κ1) is 19.1. The molecule has 27 heavy (non-hydrogen) atoms. The molecule has 0 amide bonds. The number of aryl methyl sites for hydroxylation is 1. The number of carbonyl (C=O) groups is 1. The number of anilines is 1. The minimum atomic E-state index is -4.12. The Labute approximate surface area is 161 Å². The molecule has 6 nitrogen and oxygen atoms in total. The highest BCUT2D eigenvalue weighted by Gasteiger charge is 2.23. The molecule has 0 aliphatic heterocycles. The maximum Gasteiger partial charge on any atom is 0.335 e. The lowest BCUT2D eigenvalue weighted by Gasteiger charge is -2.16. The summed E-state index contributed by atoms with van der Waals surface area (Å²) >= 11 is 1.35. The van der Waals surface area contributed by atoms with Gasteiger partial charge in [0.05, 0.1) is 10.5 Å². The van der Waals surface area contributed by atoms with Crippen LogP contribution in [0.4, 0.5) is 5.69 Å². The molecular weight excluding hydrogens is 384 g/mol. The average molecular weight is 402 g/mol. The van der Waals surface area contributed by atoms with Crippen LogP contribution in [-0.2, 0) is 16.6 Å². The van der Waals surface area contributed by atoms with Crippen LogP contribution in [0, 0.1) is 6.92 Å². The fourth-order valence-corrected chi connectivity index (χ4v) is 4.34. The molecule has 0 atom stereocenters. The van der Waals surface area contributed by atoms with Crippen LogP contribution < -0.4 is 10.5 Å². The molecule has 0 saturated carbocycles. The van der Waals surface area contributed by atoms with E-state index in [9.17, 15) is 18.3 Å². The fourth-order valence-electron chi connectivity index (χ4n) is 2.68. The molecule has 8 heteroatoms. The molecule has 3 aromatic rings. The summed E-state index contributed by atoms with van der Waals surface area (Å²) in [6, 6.07) is 13.9. The molecule has 4 N–H and O–H groups in total. The summed E-state index contributed by atoms with van der Waals surface area (Å²) in [6.45, 7) is 2.40. The average Bonchev–Trinajstić information content (AvgIpc) is 3.13. The van der Waals surface area contributed by atoms with Crippen LogP contribution in [0.1, 0.15) is 21.5 Å². The molecule has 0 unspecified atom stereocenters. The van der Waals surface area contributed by atoms with E-state index in [1.54, 1.807) is 12.1 Å². The second-order valence-electron chi connectivity index (χ2n) is 6.06. The number of benzene rings is 2. The van der Waals surface area contributed by atoms with E-state index in [1.807, 2.05) is 36.6 Å². The van der Waals surface area contributed by atoms with E-state index in [0.29, 0.717) is 22.7 Å². The minimum Gasteiger partial charge on any atom is -0.478 e. The Kier molecular flexibility index (Phi) is 5.31. The van der Waals surface area contributed by atoms with Gasteiger partial charge in [0.1, 0.15) is 0 Å². The number of thiophene rings is 1. The maximum atomic E-state index is 12.1. The van der Waals surface area contributed by atoms with Crippen molar-refractivity contribution in [1.82, 2.24) is 0 Å². The molecule has 0 aliphatic carbocycles. The van der Waals surface area contributed by atoms with Gasteiger partial charge in [-0.1, -0.05) is 35.9 Å². The maximum absolute atomic E-state index is 12.1. The van der Waals surface area contributed by atoms with Crippen molar-refractivity contribution >= 4 is 33.0 Å². The summed E-state index contributed by atoms with van der Waals surface area (Å²) in [5, 5.41) is 19.7. The summed E-state index contributed by atoms with van der Waals surface area (Å²) in [6.07, 6.45) is 0. The number of rotatable bonds is 6. The van der Waals surface area contributed by atoms with E-state index in [-0.39, 0.29) is 10.5 Å². The molecule has 0 fully saturated rings. The number of nitrogens with two attached hydrogens (primary N) is 1. The quantitative estimate of drug-likeness (QED) is 0.583. The van der Waals surface area contributed by atoms with Crippen molar-refractivity contribution in [1.29, 1.82) is 0 Å². The van der Waals surface area contributed by atoms with Gasteiger partial charge in [-0.25, -0.2) is 18.4 Å². The van der Waals surface area contributed by atoms with Crippen molar-refractivity contribution in [2.24, 2.45) is 5.14 Å². The van der Waals surface area contributed by atoms with E-state index in [0.717, 1.165) is 17.2 Å². The smallest absolute Gasteiger partial charge is 0.335 e. The Balaban J connectivity index is 2.13. The number of hydrogen-bond donors (Lipinski definition) is 3. The third-order valence-corrected chi connectivity index (χ3v) is 5.85. The molecule has 0 bridgehead atoms. The Hall–Kier alpha value is -2.68. The van der Waals surface area contributed by atoms with Crippen LogP contribution in [-0.4, -0.2) is 19.5 Å². The van der Waals surface area contributed by atoms with Gasteiger partial charge >= 0.3 is 5.97 Å². The Bertz CT molecular complexity index is 1070. The largest absolute Gasteiger partial charge is 0.478 e. The van der Waals surface area contributed by atoms with Crippen molar-refractivity contribution in [3.05, 3.63) is 70.6 Å². The second-order valence-corrected chi connectivity index (χ2v) is 8.54. The zero-order valence-corrected chi connectivity index (χ0v) is 16.1. The van der Waals surface area contributed by atoms with E-state index in [2.05, 4.69) is 5.32 Å². The van der Waals surface area contributed by atoms with Crippen molar-refractivity contribution in [3.8, 4) is 10.4 Å². The molecule has 0 saturated heterocycles. The number of nitrogens with one attached hydrogen (secondary N) is 1. The first-order valence-corrected chi connectivity index (χ1v) is 10.5. The first-order valence-electron chi connectivity index (χ1n) is 8.03. The lowest BCUT2D eigenvalue weighted by atomic mass is 10.1. The van der Waals surface area contributed by atoms with Crippen LogP contribution in [0.3, 0.4) is 0 Å². The number of carboxylic acid groups (broad SMARTS) is 1. The topological polar surface area (TPSA) is 109 Å². The number of hydrogen-bond acceptors (Lipinski definition) is 5. The van der Waals surface area contributed by atoms with Crippen molar-refractivity contribution in [2.75, 3.05) is 5.32 Å². The minimum absolute atomic E-state index is 0.147. The van der Waals surface area contributed by atoms with Gasteiger partial charge in [-0.3, -0.25) is 0 Å². The third-order valence-electron chi connectivity index (χ3n) is 4.03. The Morgan fingerprint density at radius 2 is 1.89 bits per heavy atom. The molecule has 0 aliphatic rings. The fraction of sp³-hybridized carbons (Fsp3) is 0.105. The number of carboxylic acids is 1. The number of primary sulfonamides is 1. The molecule has 2 aromatic carbocycles. The van der Waals surface area contributed by atoms with Gasteiger partial charge in [0, 0.05) is 22.7 Å². The lowest BCUT2D eigenvalue weighted by Crippen LogP contribution is -2.16. The zero-order valence-electron chi connectivity index (χ0n) is 14.5. The van der Waals surface area contributed by atoms with Crippen LogP contribution >= 0.6 is 11.3 Å². The summed E-state index contributed by atoms with van der Waals surface area (Å²) in [4.78, 5) is 12.0. The summed E-state index contributed by atoms with van der Waals surface area (Å²) in [7, 11) is -4.12. The van der Waals surface area contributed by atoms with Gasteiger partial charge < -0.3 is 10.4 Å². The standard InChI is InChI=1S/C19H18N2O4S2/c1-12-4-6-13(7-5-12)11-21-15-9-14(19(22)23)10-17(27(20,24)25)18(15)16-3-2-8-26-16/h2-10,21H,11H2,1H3,(H,22,23)(H2,20,24,25). The number of sulfonamides is 1. The zero-order chi connectivity index (χ0) is 19.6. The van der Waals surface area contributed by atoms with E-state index < -0.39 is 16.0 Å². The SMILES string of the molecule is Cc1ccc(CNc2cc(C(=O)O)cc(S(N)(=O)=O)c2-c2cccs2)cc1. The monoisotopic (exact) mass is 402 g/mol. The van der Waals surface area contributed by atoms with Crippen LogP contribution in [0.2, 0.25) is 0 Å². The highest BCUT2D eigenvalue weighted by atomic mass is 32.2. The van der Waals surface area contributed by atoms with Crippen LogP contribution in [0.5, 0.6) is 0 Å². The molecule has 0 spiro atoms. The van der Waals surface area contributed by atoms with E-state index >= 15 is 0 Å². The van der Waals surface area contributed by atoms with Gasteiger partial charge in [0.2, 0.25) is 10.0 Å². The number of aromatic carboxylic acids is 1. The Morgan fingerprint density at radius 1 is 1.19 bits per heavy atom. The molecule has 1 heterocycles. The van der Waals surface area contributed by atoms with Crippen LogP contribution in [0.25, 0.3) is 10.4 Å². The third kappa shape index (κ3) is 4.36. The molecule has 3 rings (SSSR count).